The normalized spacial score (nSPS) is 17.5. The number of hydrogen-bond acceptors (Lipinski definition) is 3. The van der Waals surface area contributed by atoms with Crippen molar-refractivity contribution in [3.63, 3.8) is 0 Å². The van der Waals surface area contributed by atoms with Crippen molar-refractivity contribution in [1.82, 2.24) is 0 Å². The van der Waals surface area contributed by atoms with Crippen LogP contribution >= 0.6 is 0 Å². The van der Waals surface area contributed by atoms with Crippen molar-refractivity contribution >= 4 is 51.3 Å². The average Bonchev–Trinajstić information content (AvgIpc) is 3.40. The molecule has 0 fully saturated rings. The van der Waals surface area contributed by atoms with E-state index >= 15 is 0 Å². The molecule has 0 radical (unpaired) electrons. The number of rotatable bonds is 1. The number of nitrogens with zero attached hydrogens (tertiary/aromatic N) is 1. The highest BCUT2D eigenvalue weighted by Crippen LogP contribution is 2.50. The average molecular weight is 664 g/mol. The summed E-state index contributed by atoms with van der Waals surface area (Å²) in [6.45, 7) is 30.2. The maximum absolute atomic E-state index is 7.13. The molecule has 2 aliphatic heterocycles. The Morgan fingerprint density at radius 1 is 0.620 bits per heavy atom. The van der Waals surface area contributed by atoms with Crippen molar-refractivity contribution in [2.75, 3.05) is 4.90 Å². The Balaban J connectivity index is 1.48. The van der Waals surface area contributed by atoms with Crippen molar-refractivity contribution in [3.8, 4) is 11.5 Å². The molecule has 1 aromatic heterocycles. The lowest BCUT2D eigenvalue weighted by Gasteiger charge is -2.44. The molecule has 1 aliphatic carbocycles. The first-order chi connectivity index (χ1) is 23.1. The van der Waals surface area contributed by atoms with E-state index in [0.29, 0.717) is 0 Å². The van der Waals surface area contributed by atoms with Crippen molar-refractivity contribution in [2.24, 2.45) is 0 Å². The largest absolute Gasteiger partial charge is 0.468 e. The first-order valence-corrected chi connectivity index (χ1v) is 18.7. The zero-order valence-electron chi connectivity index (χ0n) is 32.6. The van der Waals surface area contributed by atoms with Crippen LogP contribution in [-0.2, 0) is 27.1 Å². The standard InChI is InChI=1S/C46H54BNO2/c1-42(2,3)27-14-17-30(18-15-27)48-35-23-29(44(7,8)9)24-38-39(35)47(41-40(48)31-22-28(43(4,5)6)16-19-36(31)50-41)34-25-32-33(26-37(34)49-38)46(12,13)21-20-45(32,10)11/h14-19,22-26H,20-21H2,1-13H3. The monoisotopic (exact) mass is 663 g/mol. The maximum atomic E-state index is 7.13. The molecule has 3 nitrogen and oxygen atoms in total. The van der Waals surface area contributed by atoms with Gasteiger partial charge in [-0.15, -0.1) is 0 Å². The molecule has 0 saturated carbocycles. The fourth-order valence-corrected chi connectivity index (χ4v) is 8.57. The number of benzene rings is 4. The van der Waals surface area contributed by atoms with Crippen LogP contribution in [0.2, 0.25) is 0 Å². The van der Waals surface area contributed by atoms with E-state index in [2.05, 4.69) is 162 Å². The van der Waals surface area contributed by atoms with Gasteiger partial charge in [0.2, 0.25) is 0 Å². The minimum atomic E-state index is -0.0884. The van der Waals surface area contributed by atoms with Crippen LogP contribution in [0.25, 0.3) is 11.0 Å². The number of furan rings is 1. The van der Waals surface area contributed by atoms with Crippen molar-refractivity contribution in [1.29, 1.82) is 0 Å². The predicted molar refractivity (Wildman–Crippen MR) is 213 cm³/mol. The van der Waals surface area contributed by atoms with Crippen LogP contribution in [0.15, 0.2) is 71.1 Å². The fraction of sp³-hybridized carbons (Fsp3) is 0.435. The molecule has 4 heteroatoms. The lowest BCUT2D eigenvalue weighted by Crippen LogP contribution is -2.59. The van der Waals surface area contributed by atoms with Gasteiger partial charge in [-0.2, -0.15) is 0 Å². The fourth-order valence-electron chi connectivity index (χ4n) is 8.57. The third-order valence-corrected chi connectivity index (χ3v) is 12.1. The topological polar surface area (TPSA) is 25.6 Å². The SMILES string of the molecule is CC(C)(C)c1ccc(N2c3cc(C(C)(C)C)cc4c3B(c3cc5c(cc3O4)C(C)(C)CCC5(C)C)c3oc4ccc(C(C)(C)C)cc4c32)cc1. The second kappa shape index (κ2) is 10.3. The van der Waals surface area contributed by atoms with Crippen molar-refractivity contribution in [3.05, 3.63) is 94.5 Å². The van der Waals surface area contributed by atoms with Gasteiger partial charge in [-0.1, -0.05) is 114 Å². The van der Waals surface area contributed by atoms with E-state index in [1.807, 2.05) is 0 Å². The molecule has 258 valence electrons. The summed E-state index contributed by atoms with van der Waals surface area (Å²) in [5.74, 6) is 1.91. The molecule has 4 aromatic carbocycles. The zero-order chi connectivity index (χ0) is 35.9. The third kappa shape index (κ3) is 4.99. The molecule has 0 bridgehead atoms. The minimum absolute atomic E-state index is 0.000590. The molecular weight excluding hydrogens is 609 g/mol. The summed E-state index contributed by atoms with van der Waals surface area (Å²) in [5, 5.41) is 1.16. The number of ether oxygens (including phenoxy) is 1. The van der Waals surface area contributed by atoms with Gasteiger partial charge in [0.25, 0.3) is 0 Å². The molecule has 5 aromatic rings. The van der Waals surface area contributed by atoms with E-state index in [9.17, 15) is 0 Å². The number of anilines is 3. The summed E-state index contributed by atoms with van der Waals surface area (Å²) in [6, 6.07) is 25.6. The van der Waals surface area contributed by atoms with E-state index in [0.717, 1.165) is 52.3 Å². The molecule has 0 unspecified atom stereocenters. The zero-order valence-corrected chi connectivity index (χ0v) is 32.6. The molecule has 3 aliphatic rings. The van der Waals surface area contributed by atoms with E-state index in [1.54, 1.807) is 0 Å². The third-order valence-electron chi connectivity index (χ3n) is 12.1. The number of hydrogen-bond donors (Lipinski definition) is 0. The van der Waals surface area contributed by atoms with Crippen LogP contribution in [0.5, 0.6) is 11.5 Å². The van der Waals surface area contributed by atoms with Gasteiger partial charge >= 0.3 is 6.71 Å². The summed E-state index contributed by atoms with van der Waals surface area (Å²) in [4.78, 5) is 2.48. The number of fused-ring (bicyclic) bond motifs is 7. The molecule has 0 saturated heterocycles. The molecule has 0 atom stereocenters. The van der Waals surface area contributed by atoms with Crippen molar-refractivity contribution in [2.45, 2.75) is 130 Å². The summed E-state index contributed by atoms with van der Waals surface area (Å²) >= 11 is 0. The van der Waals surface area contributed by atoms with Gasteiger partial charge < -0.3 is 14.1 Å². The first-order valence-electron chi connectivity index (χ1n) is 18.7. The van der Waals surface area contributed by atoms with Gasteiger partial charge in [0.15, 0.2) is 0 Å². The van der Waals surface area contributed by atoms with Gasteiger partial charge in [-0.3, -0.25) is 0 Å². The quantitative estimate of drug-likeness (QED) is 0.164. The Kier molecular flexibility index (Phi) is 6.87. The Morgan fingerprint density at radius 2 is 1.20 bits per heavy atom. The summed E-state index contributed by atoms with van der Waals surface area (Å²) < 4.78 is 14.3. The van der Waals surface area contributed by atoms with E-state index in [4.69, 9.17) is 9.15 Å². The second-order valence-electron chi connectivity index (χ2n) is 19.8. The van der Waals surface area contributed by atoms with E-state index in [-0.39, 0.29) is 33.8 Å². The molecule has 0 N–H and O–H groups in total. The molecule has 8 rings (SSSR count). The first kappa shape index (κ1) is 33.2. The van der Waals surface area contributed by atoms with Crippen LogP contribution in [0.4, 0.5) is 17.1 Å². The second-order valence-corrected chi connectivity index (χ2v) is 19.8. The molecule has 3 heterocycles. The Labute approximate surface area is 300 Å². The lowest BCUT2D eigenvalue weighted by atomic mass is 9.35. The lowest BCUT2D eigenvalue weighted by molar-refractivity contribution is 0.330. The highest BCUT2D eigenvalue weighted by Gasteiger charge is 2.48. The summed E-state index contributed by atoms with van der Waals surface area (Å²) in [5.41, 5.74) is 14.7. The van der Waals surface area contributed by atoms with Gasteiger partial charge in [-0.05, 0) is 116 Å². The molecular formula is C46H54BNO2. The molecule has 0 spiro atoms. The Morgan fingerprint density at radius 3 is 1.80 bits per heavy atom. The van der Waals surface area contributed by atoms with Crippen LogP contribution < -0.4 is 26.2 Å². The highest BCUT2D eigenvalue weighted by molar-refractivity contribution is 6.98. The van der Waals surface area contributed by atoms with Crippen molar-refractivity contribution < 1.29 is 9.15 Å². The van der Waals surface area contributed by atoms with Gasteiger partial charge in [0, 0.05) is 22.2 Å². The Bertz CT molecular complexity index is 2200. The summed E-state index contributed by atoms with van der Waals surface area (Å²) in [6.07, 6.45) is 2.33. The minimum Gasteiger partial charge on any atom is -0.468 e. The molecule has 0 amide bonds. The van der Waals surface area contributed by atoms with E-state index in [1.165, 1.54) is 44.4 Å². The van der Waals surface area contributed by atoms with Crippen LogP contribution in [0.3, 0.4) is 0 Å². The van der Waals surface area contributed by atoms with Gasteiger partial charge in [0.1, 0.15) is 17.1 Å². The molecule has 50 heavy (non-hydrogen) atoms. The van der Waals surface area contributed by atoms with Gasteiger partial charge in [-0.25, -0.2) is 0 Å². The maximum Gasteiger partial charge on any atom is 0.301 e. The van der Waals surface area contributed by atoms with Gasteiger partial charge in [0.05, 0.1) is 11.3 Å². The summed E-state index contributed by atoms with van der Waals surface area (Å²) in [7, 11) is 0. The van der Waals surface area contributed by atoms with Crippen LogP contribution in [-0.4, -0.2) is 6.71 Å². The smallest absolute Gasteiger partial charge is 0.301 e. The Hall–Kier alpha value is -3.92. The van der Waals surface area contributed by atoms with Crippen LogP contribution in [0.1, 0.15) is 131 Å². The van der Waals surface area contributed by atoms with Crippen LogP contribution in [0, 0.1) is 0 Å². The van der Waals surface area contributed by atoms with E-state index < -0.39 is 0 Å². The predicted octanol–water partition coefficient (Wildman–Crippen LogP) is 11.1. The highest BCUT2D eigenvalue weighted by atomic mass is 16.5.